The van der Waals surface area contributed by atoms with Crippen LogP contribution in [0.5, 0.6) is 0 Å². The second kappa shape index (κ2) is 6.53. The Morgan fingerprint density at radius 1 is 1.08 bits per heavy atom. The highest BCUT2D eigenvalue weighted by Gasteiger charge is 2.22. The molecule has 0 aliphatic carbocycles. The summed E-state index contributed by atoms with van der Waals surface area (Å²) in [5.41, 5.74) is 1.65. The van der Waals surface area contributed by atoms with Crippen molar-refractivity contribution in [2.24, 2.45) is 0 Å². The van der Waals surface area contributed by atoms with Crippen LogP contribution in [-0.2, 0) is 21.2 Å². The molecule has 3 rings (SSSR count). The van der Waals surface area contributed by atoms with Crippen LogP contribution in [0.15, 0.2) is 41.3 Å². The summed E-state index contributed by atoms with van der Waals surface area (Å²) >= 11 is 0. The van der Waals surface area contributed by atoms with E-state index >= 15 is 0 Å². The number of rotatable bonds is 4. The number of sulfonamides is 1. The summed E-state index contributed by atoms with van der Waals surface area (Å²) in [4.78, 5) is 11.4. The fraction of sp³-hybridized carbons (Fsp3) is 0.235. The third-order valence-electron chi connectivity index (χ3n) is 4.06. The van der Waals surface area contributed by atoms with E-state index in [9.17, 15) is 22.0 Å². The number of hydrogen-bond donors (Lipinski definition) is 2. The molecule has 0 saturated carbocycles. The summed E-state index contributed by atoms with van der Waals surface area (Å²) in [6.45, 7) is 1.54. The van der Waals surface area contributed by atoms with E-state index in [1.165, 1.54) is 18.2 Å². The predicted molar refractivity (Wildman–Crippen MR) is 88.5 cm³/mol. The molecule has 0 spiro atoms. The van der Waals surface area contributed by atoms with Crippen LogP contribution in [0.4, 0.5) is 14.5 Å². The first-order chi connectivity index (χ1) is 11.8. The van der Waals surface area contributed by atoms with Crippen molar-refractivity contribution in [2.75, 3.05) is 5.32 Å². The second-order valence-corrected chi connectivity index (χ2v) is 7.60. The molecule has 5 nitrogen and oxygen atoms in total. The zero-order chi connectivity index (χ0) is 18.2. The van der Waals surface area contributed by atoms with Gasteiger partial charge in [0, 0.05) is 18.2 Å². The maximum absolute atomic E-state index is 13.3. The molecular formula is C17H16F2N2O3S. The van der Waals surface area contributed by atoms with Gasteiger partial charge in [-0.05, 0) is 54.8 Å². The van der Waals surface area contributed by atoms with Gasteiger partial charge in [-0.25, -0.2) is 21.9 Å². The standard InChI is InChI=1S/C17H16F2N2O3S/c1-10(11-2-5-14(18)15(19)9-11)21-25(23,24)13-4-6-16-12(8-13)3-7-17(22)20-16/h2,4-6,8-10,21H,3,7H2,1H3,(H,20,22)/t10-/m1/s1. The molecule has 0 unspecified atom stereocenters. The molecular weight excluding hydrogens is 350 g/mol. The van der Waals surface area contributed by atoms with E-state index in [0.29, 0.717) is 24.1 Å². The molecule has 0 saturated heterocycles. The Morgan fingerprint density at radius 3 is 2.56 bits per heavy atom. The number of nitrogens with one attached hydrogen (secondary N) is 2. The van der Waals surface area contributed by atoms with Crippen molar-refractivity contribution >= 4 is 21.6 Å². The van der Waals surface area contributed by atoms with Gasteiger partial charge in [0.05, 0.1) is 4.90 Å². The fourth-order valence-electron chi connectivity index (χ4n) is 2.68. The molecule has 25 heavy (non-hydrogen) atoms. The van der Waals surface area contributed by atoms with Gasteiger partial charge in [-0.3, -0.25) is 4.79 Å². The summed E-state index contributed by atoms with van der Waals surface area (Å²) in [7, 11) is -3.86. The monoisotopic (exact) mass is 366 g/mol. The van der Waals surface area contributed by atoms with Gasteiger partial charge in [0.1, 0.15) is 0 Å². The van der Waals surface area contributed by atoms with Gasteiger partial charge >= 0.3 is 0 Å². The maximum Gasteiger partial charge on any atom is 0.241 e. The van der Waals surface area contributed by atoms with E-state index < -0.39 is 27.7 Å². The quantitative estimate of drug-likeness (QED) is 0.874. The first-order valence-corrected chi connectivity index (χ1v) is 9.14. The molecule has 0 radical (unpaired) electrons. The largest absolute Gasteiger partial charge is 0.326 e. The zero-order valence-electron chi connectivity index (χ0n) is 13.3. The van der Waals surface area contributed by atoms with Crippen molar-refractivity contribution in [3.8, 4) is 0 Å². The van der Waals surface area contributed by atoms with Gasteiger partial charge in [-0.1, -0.05) is 6.07 Å². The molecule has 1 amide bonds. The topological polar surface area (TPSA) is 75.3 Å². The summed E-state index contributed by atoms with van der Waals surface area (Å²) in [5, 5.41) is 2.69. The Hall–Kier alpha value is -2.32. The smallest absolute Gasteiger partial charge is 0.241 e. The first kappa shape index (κ1) is 17.5. The van der Waals surface area contributed by atoms with Gasteiger partial charge < -0.3 is 5.32 Å². The van der Waals surface area contributed by atoms with Crippen molar-refractivity contribution in [1.29, 1.82) is 0 Å². The summed E-state index contributed by atoms with van der Waals surface area (Å²) in [5.74, 6) is -2.13. The lowest BCUT2D eigenvalue weighted by atomic mass is 10.0. The maximum atomic E-state index is 13.3. The average Bonchev–Trinajstić information content (AvgIpc) is 2.56. The van der Waals surface area contributed by atoms with Crippen LogP contribution in [0.3, 0.4) is 0 Å². The summed E-state index contributed by atoms with van der Waals surface area (Å²) < 4.78 is 53.9. The number of aryl methyl sites for hydroxylation is 1. The number of fused-ring (bicyclic) bond motifs is 1. The van der Waals surface area contributed by atoms with E-state index in [-0.39, 0.29) is 10.8 Å². The number of carbonyl (C=O) groups is 1. The van der Waals surface area contributed by atoms with Crippen LogP contribution < -0.4 is 10.0 Å². The molecule has 0 bridgehead atoms. The van der Waals surface area contributed by atoms with Crippen molar-refractivity contribution in [1.82, 2.24) is 4.72 Å². The Morgan fingerprint density at radius 2 is 1.84 bits per heavy atom. The van der Waals surface area contributed by atoms with E-state index in [4.69, 9.17) is 0 Å². The van der Waals surface area contributed by atoms with Crippen LogP contribution in [0, 0.1) is 11.6 Å². The zero-order valence-corrected chi connectivity index (χ0v) is 14.2. The van der Waals surface area contributed by atoms with Gasteiger partial charge in [0.25, 0.3) is 0 Å². The van der Waals surface area contributed by atoms with Crippen LogP contribution >= 0.6 is 0 Å². The third-order valence-corrected chi connectivity index (χ3v) is 5.60. The van der Waals surface area contributed by atoms with E-state index in [0.717, 1.165) is 17.7 Å². The van der Waals surface area contributed by atoms with Crippen molar-refractivity contribution < 1.29 is 22.0 Å². The minimum Gasteiger partial charge on any atom is -0.326 e. The molecule has 132 valence electrons. The van der Waals surface area contributed by atoms with Crippen LogP contribution in [0.25, 0.3) is 0 Å². The molecule has 2 aromatic rings. The van der Waals surface area contributed by atoms with E-state index in [1.54, 1.807) is 13.0 Å². The Balaban J connectivity index is 1.84. The SMILES string of the molecule is C[C@@H](NS(=O)(=O)c1ccc2c(c1)CCC(=O)N2)c1ccc(F)c(F)c1. The molecule has 1 aliphatic rings. The Labute approximate surface area is 144 Å². The normalized spacial score (nSPS) is 15.4. The number of halogens is 2. The summed E-state index contributed by atoms with van der Waals surface area (Å²) in [6, 6.07) is 6.95. The summed E-state index contributed by atoms with van der Waals surface area (Å²) in [6.07, 6.45) is 0.762. The van der Waals surface area contributed by atoms with Gasteiger partial charge in [0.2, 0.25) is 15.9 Å². The van der Waals surface area contributed by atoms with Crippen molar-refractivity contribution in [3.05, 3.63) is 59.2 Å². The fourth-order valence-corrected chi connectivity index (χ4v) is 3.96. The van der Waals surface area contributed by atoms with Crippen molar-refractivity contribution in [2.45, 2.75) is 30.7 Å². The highest BCUT2D eigenvalue weighted by molar-refractivity contribution is 7.89. The molecule has 1 aliphatic heterocycles. The molecule has 0 aromatic heterocycles. The molecule has 2 aromatic carbocycles. The number of anilines is 1. The molecule has 1 heterocycles. The first-order valence-electron chi connectivity index (χ1n) is 7.66. The van der Waals surface area contributed by atoms with Gasteiger partial charge in [-0.2, -0.15) is 0 Å². The Kier molecular flexibility index (Phi) is 4.57. The molecule has 1 atom stereocenters. The van der Waals surface area contributed by atoms with Crippen molar-refractivity contribution in [3.63, 3.8) is 0 Å². The Bertz CT molecular complexity index is 945. The number of carbonyl (C=O) groups excluding carboxylic acids is 1. The lowest BCUT2D eigenvalue weighted by Gasteiger charge is -2.19. The lowest BCUT2D eigenvalue weighted by Crippen LogP contribution is -2.27. The van der Waals surface area contributed by atoms with Crippen LogP contribution in [-0.4, -0.2) is 14.3 Å². The highest BCUT2D eigenvalue weighted by atomic mass is 32.2. The number of benzene rings is 2. The van der Waals surface area contributed by atoms with E-state index in [2.05, 4.69) is 10.0 Å². The molecule has 2 N–H and O–H groups in total. The average molecular weight is 366 g/mol. The highest BCUT2D eigenvalue weighted by Crippen LogP contribution is 2.26. The number of hydrogen-bond acceptors (Lipinski definition) is 3. The van der Waals surface area contributed by atoms with E-state index in [1.807, 2.05) is 0 Å². The lowest BCUT2D eigenvalue weighted by molar-refractivity contribution is -0.116. The predicted octanol–water partition coefficient (Wildman–Crippen LogP) is 2.89. The third kappa shape index (κ3) is 3.69. The molecule has 0 fully saturated rings. The van der Waals surface area contributed by atoms with Gasteiger partial charge in [-0.15, -0.1) is 0 Å². The van der Waals surface area contributed by atoms with Crippen LogP contribution in [0.2, 0.25) is 0 Å². The number of amides is 1. The minimum atomic E-state index is -3.86. The van der Waals surface area contributed by atoms with Crippen LogP contribution in [0.1, 0.15) is 30.5 Å². The minimum absolute atomic E-state index is 0.0526. The molecule has 8 heteroatoms. The second-order valence-electron chi connectivity index (χ2n) is 5.88. The van der Waals surface area contributed by atoms with Gasteiger partial charge in [0.15, 0.2) is 11.6 Å².